The predicted molar refractivity (Wildman–Crippen MR) is 110 cm³/mol. The monoisotopic (exact) mass is 386 g/mol. The molecule has 3 atom stereocenters. The summed E-state index contributed by atoms with van der Waals surface area (Å²) >= 11 is 0. The Labute approximate surface area is 169 Å². The molecule has 154 valence electrons. The van der Waals surface area contributed by atoms with E-state index in [4.69, 9.17) is 18.9 Å². The van der Waals surface area contributed by atoms with Crippen LogP contribution in [0.4, 0.5) is 0 Å². The molecule has 3 aliphatic rings. The van der Waals surface area contributed by atoms with E-state index in [1.165, 1.54) is 31.3 Å². The molecule has 0 saturated heterocycles. The minimum absolute atomic E-state index is 0.227. The molecule has 1 heterocycles. The molecule has 0 unspecified atom stereocenters. The quantitative estimate of drug-likeness (QED) is 0.478. The Hall–Kier alpha value is -1.68. The molecule has 0 radical (unpaired) electrons. The maximum absolute atomic E-state index is 5.91. The third kappa shape index (κ3) is 3.30. The number of hydrogen-bond donors (Lipinski definition) is 0. The zero-order valence-electron chi connectivity index (χ0n) is 17.8. The molecule has 0 N–H and O–H groups in total. The largest absolute Gasteiger partial charge is 0.467 e. The third-order valence-corrected chi connectivity index (χ3v) is 7.63. The fraction of sp³-hybridized carbons (Fsp3) is 0.667. The van der Waals surface area contributed by atoms with Gasteiger partial charge in [-0.1, -0.05) is 39.3 Å². The van der Waals surface area contributed by atoms with Crippen LogP contribution >= 0.6 is 0 Å². The number of fused-ring (bicyclic) bond motifs is 2. The summed E-state index contributed by atoms with van der Waals surface area (Å²) in [6, 6.07) is 4.05. The van der Waals surface area contributed by atoms with E-state index >= 15 is 0 Å². The van der Waals surface area contributed by atoms with E-state index in [1.807, 2.05) is 6.07 Å². The van der Waals surface area contributed by atoms with Crippen LogP contribution in [-0.2, 0) is 11.2 Å². The van der Waals surface area contributed by atoms with Gasteiger partial charge in [-0.25, -0.2) is 0 Å². The summed E-state index contributed by atoms with van der Waals surface area (Å²) in [5.41, 5.74) is 3.24. The molecule has 1 aromatic carbocycles. The first kappa shape index (κ1) is 19.6. The van der Waals surface area contributed by atoms with Gasteiger partial charge in [0, 0.05) is 13.2 Å². The number of rotatable bonds is 5. The van der Waals surface area contributed by atoms with Crippen LogP contribution in [0.3, 0.4) is 0 Å². The summed E-state index contributed by atoms with van der Waals surface area (Å²) < 4.78 is 22.3. The van der Waals surface area contributed by atoms with Gasteiger partial charge in [-0.2, -0.15) is 0 Å². The summed E-state index contributed by atoms with van der Waals surface area (Å²) in [4.78, 5) is 0. The second-order valence-corrected chi connectivity index (χ2v) is 9.72. The molecule has 0 aromatic heterocycles. The van der Waals surface area contributed by atoms with Crippen LogP contribution in [0.2, 0.25) is 0 Å². The lowest BCUT2D eigenvalue weighted by Crippen LogP contribution is -2.50. The summed E-state index contributed by atoms with van der Waals surface area (Å²) in [5.74, 6) is 3.59. The predicted octanol–water partition coefficient (Wildman–Crippen LogP) is 5.74. The summed E-state index contributed by atoms with van der Waals surface area (Å²) in [6.45, 7) is 12.5. The first-order valence-electron chi connectivity index (χ1n) is 10.6. The average Bonchev–Trinajstić information content (AvgIpc) is 3.09. The van der Waals surface area contributed by atoms with Crippen LogP contribution < -0.4 is 14.2 Å². The number of hydrogen-bond acceptors (Lipinski definition) is 4. The second-order valence-electron chi connectivity index (χ2n) is 9.72. The lowest BCUT2D eigenvalue weighted by atomic mass is 9.47. The van der Waals surface area contributed by atoms with Crippen molar-refractivity contribution in [3.05, 3.63) is 29.8 Å². The van der Waals surface area contributed by atoms with Gasteiger partial charge >= 0.3 is 0 Å². The molecule has 4 nitrogen and oxygen atoms in total. The van der Waals surface area contributed by atoms with Gasteiger partial charge < -0.3 is 18.9 Å². The Balaban J connectivity index is 1.68. The van der Waals surface area contributed by atoms with Gasteiger partial charge in [0.25, 0.3) is 0 Å². The highest BCUT2D eigenvalue weighted by atomic mass is 16.7. The van der Waals surface area contributed by atoms with Crippen LogP contribution in [0.1, 0.15) is 58.4 Å². The van der Waals surface area contributed by atoms with Gasteiger partial charge in [0.2, 0.25) is 6.79 Å². The van der Waals surface area contributed by atoms with Gasteiger partial charge in [0.05, 0.1) is 0 Å². The molecule has 4 rings (SSSR count). The van der Waals surface area contributed by atoms with Crippen molar-refractivity contribution in [3.8, 4) is 17.2 Å². The Morgan fingerprint density at radius 2 is 1.89 bits per heavy atom. The molecule has 1 aliphatic heterocycles. The number of ether oxygens (including phenoxy) is 4. The first-order chi connectivity index (χ1) is 13.3. The highest BCUT2D eigenvalue weighted by Crippen LogP contribution is 2.61. The molecular formula is C24H34O4. The highest BCUT2D eigenvalue weighted by molar-refractivity contribution is 5.52. The second kappa shape index (κ2) is 7.29. The SMILES string of the molecule is C=C1CC[C@H]2C(C)(C)CCC[C@]2(C)[C@H]1Cc1cc2c(cc1OCOC)OCO2. The van der Waals surface area contributed by atoms with Crippen molar-refractivity contribution in [2.45, 2.75) is 59.3 Å². The Morgan fingerprint density at radius 3 is 2.64 bits per heavy atom. The zero-order chi connectivity index (χ0) is 19.9. The van der Waals surface area contributed by atoms with E-state index in [9.17, 15) is 0 Å². The van der Waals surface area contributed by atoms with E-state index in [0.29, 0.717) is 11.3 Å². The summed E-state index contributed by atoms with van der Waals surface area (Å²) in [7, 11) is 1.64. The molecule has 2 saturated carbocycles. The maximum Gasteiger partial charge on any atom is 0.231 e. The van der Waals surface area contributed by atoms with Gasteiger partial charge in [0.1, 0.15) is 5.75 Å². The molecule has 1 aromatic rings. The molecule has 0 bridgehead atoms. The number of allylic oxidation sites excluding steroid dienone is 1. The van der Waals surface area contributed by atoms with Crippen molar-refractivity contribution in [1.29, 1.82) is 0 Å². The van der Waals surface area contributed by atoms with Crippen LogP contribution in [0.15, 0.2) is 24.3 Å². The maximum atomic E-state index is 5.91. The summed E-state index contributed by atoms with van der Waals surface area (Å²) in [5, 5.41) is 0. The molecule has 0 amide bonds. The zero-order valence-corrected chi connectivity index (χ0v) is 17.8. The van der Waals surface area contributed by atoms with Crippen molar-refractivity contribution < 1.29 is 18.9 Å². The van der Waals surface area contributed by atoms with Crippen LogP contribution in [0.25, 0.3) is 0 Å². The Morgan fingerprint density at radius 1 is 1.14 bits per heavy atom. The van der Waals surface area contributed by atoms with Crippen molar-refractivity contribution in [2.75, 3.05) is 20.7 Å². The van der Waals surface area contributed by atoms with Crippen LogP contribution in [0, 0.1) is 22.7 Å². The Bertz CT molecular complexity index is 753. The fourth-order valence-electron chi connectivity index (χ4n) is 6.25. The van der Waals surface area contributed by atoms with Crippen molar-refractivity contribution in [2.24, 2.45) is 22.7 Å². The van der Waals surface area contributed by atoms with Crippen molar-refractivity contribution >= 4 is 0 Å². The average molecular weight is 387 g/mol. The van der Waals surface area contributed by atoms with Crippen molar-refractivity contribution in [1.82, 2.24) is 0 Å². The summed E-state index contributed by atoms with van der Waals surface area (Å²) in [6.07, 6.45) is 7.25. The number of benzene rings is 1. The topological polar surface area (TPSA) is 36.9 Å². The standard InChI is InChI=1S/C24H34O4/c1-16-7-8-22-23(2,3)9-6-10-24(22,4)18(16)11-17-12-20-21(28-15-27-20)13-19(17)26-14-25-5/h12-13,18,22H,1,6-11,14-15H2,2-5H3/t18-,22-,24+/m0/s1. The smallest absolute Gasteiger partial charge is 0.231 e. The van der Waals surface area contributed by atoms with E-state index < -0.39 is 0 Å². The lowest BCUT2D eigenvalue weighted by Gasteiger charge is -2.58. The molecule has 2 fully saturated rings. The lowest BCUT2D eigenvalue weighted by molar-refractivity contribution is -0.0519. The molecule has 0 spiro atoms. The van der Waals surface area contributed by atoms with Crippen LogP contribution in [-0.4, -0.2) is 20.7 Å². The van der Waals surface area contributed by atoms with Crippen LogP contribution in [0.5, 0.6) is 17.2 Å². The highest BCUT2D eigenvalue weighted by Gasteiger charge is 2.52. The Kier molecular flexibility index (Phi) is 5.11. The van der Waals surface area contributed by atoms with E-state index in [-0.39, 0.29) is 19.0 Å². The fourth-order valence-corrected chi connectivity index (χ4v) is 6.25. The molecule has 2 aliphatic carbocycles. The minimum Gasteiger partial charge on any atom is -0.467 e. The van der Waals surface area contributed by atoms with Crippen molar-refractivity contribution in [3.63, 3.8) is 0 Å². The third-order valence-electron chi connectivity index (χ3n) is 7.63. The molecular weight excluding hydrogens is 352 g/mol. The van der Waals surface area contributed by atoms with E-state index in [1.54, 1.807) is 7.11 Å². The van der Waals surface area contributed by atoms with Gasteiger partial charge in [-0.05, 0) is 66.4 Å². The molecule has 4 heteroatoms. The normalized spacial score (nSPS) is 30.8. The van der Waals surface area contributed by atoms with Gasteiger partial charge in [0.15, 0.2) is 18.3 Å². The number of methoxy groups -OCH3 is 1. The molecule has 28 heavy (non-hydrogen) atoms. The first-order valence-corrected chi connectivity index (χ1v) is 10.6. The minimum atomic E-state index is 0.227. The van der Waals surface area contributed by atoms with E-state index in [0.717, 1.165) is 41.6 Å². The van der Waals surface area contributed by atoms with Gasteiger partial charge in [-0.3, -0.25) is 0 Å². The van der Waals surface area contributed by atoms with E-state index in [2.05, 4.69) is 33.4 Å². The van der Waals surface area contributed by atoms with Gasteiger partial charge in [-0.15, -0.1) is 0 Å².